The van der Waals surface area contributed by atoms with Crippen LogP contribution < -0.4 is 10.1 Å². The number of nitriles is 1. The Morgan fingerprint density at radius 1 is 0.927 bits per heavy atom. The van der Waals surface area contributed by atoms with Gasteiger partial charge in [0.2, 0.25) is 0 Å². The average molecular weight is 587 g/mol. The molecule has 0 aliphatic carbocycles. The van der Waals surface area contributed by atoms with E-state index in [9.17, 15) is 14.4 Å². The molecule has 2 atom stereocenters. The summed E-state index contributed by atoms with van der Waals surface area (Å²) in [5.74, 6) is -0.852. The lowest BCUT2D eigenvalue weighted by Crippen LogP contribution is -2.44. The molecule has 0 spiro atoms. The zero-order valence-electron chi connectivity index (χ0n) is 24.7. The highest BCUT2D eigenvalue weighted by Crippen LogP contribution is 2.26. The van der Waals surface area contributed by atoms with Crippen molar-refractivity contribution in [3.05, 3.63) is 64.7 Å². The lowest BCUT2D eigenvalue weighted by Gasteiger charge is -2.30. The minimum Gasteiger partial charge on any atom is -0.476 e. The molecule has 0 bridgehead atoms. The molecule has 2 rings (SSSR count). The molecule has 0 aromatic heterocycles. The van der Waals surface area contributed by atoms with Crippen molar-refractivity contribution in [3.63, 3.8) is 0 Å². The second-order valence-corrected chi connectivity index (χ2v) is 11.9. The van der Waals surface area contributed by atoms with E-state index in [-0.39, 0.29) is 18.2 Å². The van der Waals surface area contributed by atoms with Crippen LogP contribution in [0.15, 0.2) is 48.5 Å². The summed E-state index contributed by atoms with van der Waals surface area (Å²) in [6.45, 7) is 12.5. The second-order valence-electron chi connectivity index (χ2n) is 11.5. The molecule has 0 aliphatic heterocycles. The number of hydrogen-bond acceptors (Lipinski definition) is 8. The first kappa shape index (κ1) is 33.4. The normalized spacial score (nSPS) is 13.0. The number of nitrogens with zero attached hydrogens (tertiary/aromatic N) is 1. The van der Waals surface area contributed by atoms with E-state index in [2.05, 4.69) is 5.32 Å². The van der Waals surface area contributed by atoms with Crippen molar-refractivity contribution in [1.82, 2.24) is 5.32 Å². The van der Waals surface area contributed by atoms with Crippen LogP contribution in [-0.4, -0.2) is 42.6 Å². The van der Waals surface area contributed by atoms with E-state index in [1.165, 1.54) is 0 Å². The van der Waals surface area contributed by atoms with Gasteiger partial charge in [0, 0.05) is 28.5 Å². The fourth-order valence-electron chi connectivity index (χ4n) is 3.47. The second kappa shape index (κ2) is 14.7. The van der Waals surface area contributed by atoms with Crippen LogP contribution in [0.25, 0.3) is 0 Å². The van der Waals surface area contributed by atoms with Gasteiger partial charge in [-0.3, -0.25) is 4.79 Å². The predicted molar refractivity (Wildman–Crippen MR) is 154 cm³/mol. The highest BCUT2D eigenvalue weighted by molar-refractivity contribution is 6.30. The van der Waals surface area contributed by atoms with Crippen molar-refractivity contribution in [2.24, 2.45) is 11.3 Å². The Bertz CT molecular complexity index is 1210. The van der Waals surface area contributed by atoms with Gasteiger partial charge in [0.1, 0.15) is 11.9 Å². The van der Waals surface area contributed by atoms with Crippen LogP contribution in [0.4, 0.5) is 4.79 Å². The Kier molecular flexibility index (Phi) is 12.0. The Morgan fingerprint density at radius 2 is 1.54 bits per heavy atom. The van der Waals surface area contributed by atoms with Crippen LogP contribution >= 0.6 is 11.6 Å². The smallest absolute Gasteiger partial charge is 0.476 e. The van der Waals surface area contributed by atoms with Gasteiger partial charge in [-0.25, -0.2) is 9.59 Å². The van der Waals surface area contributed by atoms with Gasteiger partial charge in [0.25, 0.3) is 12.2 Å². The van der Waals surface area contributed by atoms with Gasteiger partial charge in [-0.05, 0) is 62.2 Å². The van der Waals surface area contributed by atoms with Crippen LogP contribution in [0.3, 0.4) is 0 Å². The number of hydrogen-bond donors (Lipinski definition) is 1. The van der Waals surface area contributed by atoms with Gasteiger partial charge in [-0.1, -0.05) is 58.4 Å². The van der Waals surface area contributed by atoms with Crippen LogP contribution in [-0.2, 0) is 25.4 Å². The predicted octanol–water partition coefficient (Wildman–Crippen LogP) is 6.48. The molecule has 1 N–H and O–H groups in total. The maximum Gasteiger partial charge on any atom is 0.511 e. The number of ether oxygens (including phenoxy) is 4. The van der Waals surface area contributed by atoms with E-state index < -0.39 is 35.5 Å². The number of carbonyl (C=O) groups excluding carboxylic acids is 3. The minimum absolute atomic E-state index is 0.00242. The van der Waals surface area contributed by atoms with E-state index in [1.54, 1.807) is 64.1 Å². The lowest BCUT2D eigenvalue weighted by atomic mass is 9.87. The molecule has 0 saturated heterocycles. The average Bonchev–Trinajstić information content (AvgIpc) is 2.88. The molecule has 222 valence electrons. The van der Waals surface area contributed by atoms with Gasteiger partial charge in [0.15, 0.2) is 5.60 Å². The summed E-state index contributed by atoms with van der Waals surface area (Å²) in [6, 6.07) is 15.8. The summed E-state index contributed by atoms with van der Waals surface area (Å²) >= 11 is 5.86. The standard InChI is InChI=1S/C31H39ClN2O7/c1-20(2)27(40-29(37)38-25(16-18-33)30(3,4)5)39-28(36)31(6,7)41-24-14-8-21(9-15-24)17-19-34-26(35)22-10-12-23(32)13-11-22/h8-15,20,25,27H,16-17,19H2,1-7H3,(H,34,35). The first-order valence-corrected chi connectivity index (χ1v) is 13.8. The van der Waals surface area contributed by atoms with Crippen molar-refractivity contribution >= 4 is 29.6 Å². The number of benzene rings is 2. The highest BCUT2D eigenvalue weighted by Gasteiger charge is 2.37. The SMILES string of the molecule is CC(C)C(OC(=O)OC(CC#N)C(C)(C)C)OC(=O)C(C)(C)Oc1ccc(CCNC(=O)c2ccc(Cl)cc2)cc1. The molecule has 41 heavy (non-hydrogen) atoms. The van der Waals surface area contributed by atoms with Crippen LogP contribution in [0.1, 0.15) is 70.8 Å². The molecule has 10 heteroatoms. The number of rotatable bonds is 12. The summed E-state index contributed by atoms with van der Waals surface area (Å²) in [4.78, 5) is 37.7. The molecule has 9 nitrogen and oxygen atoms in total. The van der Waals surface area contributed by atoms with Gasteiger partial charge in [-0.2, -0.15) is 5.26 Å². The lowest BCUT2D eigenvalue weighted by molar-refractivity contribution is -0.195. The molecular weight excluding hydrogens is 548 g/mol. The maximum absolute atomic E-state index is 13.0. The third kappa shape index (κ3) is 11.0. The Hall–Kier alpha value is -3.77. The molecular formula is C31H39ClN2O7. The number of esters is 1. The summed E-state index contributed by atoms with van der Waals surface area (Å²) in [6.07, 6.45) is -2.33. The number of amides is 1. The van der Waals surface area contributed by atoms with Crippen molar-refractivity contribution in [3.8, 4) is 11.8 Å². The molecule has 0 radical (unpaired) electrons. The van der Waals surface area contributed by atoms with Crippen LogP contribution in [0.5, 0.6) is 5.75 Å². The van der Waals surface area contributed by atoms with Gasteiger partial charge in [-0.15, -0.1) is 0 Å². The molecule has 1 amide bonds. The Labute approximate surface area is 247 Å². The minimum atomic E-state index is -1.40. The third-order valence-corrected chi connectivity index (χ3v) is 6.31. The number of halogens is 1. The molecule has 0 fully saturated rings. The summed E-state index contributed by atoms with van der Waals surface area (Å²) in [5, 5.41) is 12.5. The quantitative estimate of drug-likeness (QED) is 0.221. The monoisotopic (exact) mass is 586 g/mol. The van der Waals surface area contributed by atoms with Gasteiger partial charge >= 0.3 is 12.1 Å². The fourth-order valence-corrected chi connectivity index (χ4v) is 3.60. The van der Waals surface area contributed by atoms with E-state index in [0.29, 0.717) is 29.3 Å². The summed E-state index contributed by atoms with van der Waals surface area (Å²) in [7, 11) is 0. The van der Waals surface area contributed by atoms with Gasteiger partial charge < -0.3 is 24.3 Å². The maximum atomic E-state index is 13.0. The zero-order chi connectivity index (χ0) is 30.8. The van der Waals surface area contributed by atoms with E-state index in [1.807, 2.05) is 39.0 Å². The first-order valence-electron chi connectivity index (χ1n) is 13.4. The topological polar surface area (TPSA) is 124 Å². The highest BCUT2D eigenvalue weighted by atomic mass is 35.5. The molecule has 0 aliphatic rings. The Morgan fingerprint density at radius 3 is 2.07 bits per heavy atom. The van der Waals surface area contributed by atoms with E-state index in [4.69, 9.17) is 35.8 Å². The molecule has 2 unspecified atom stereocenters. The van der Waals surface area contributed by atoms with Crippen LogP contribution in [0, 0.1) is 22.7 Å². The molecule has 2 aromatic rings. The van der Waals surface area contributed by atoms with Crippen molar-refractivity contribution in [2.75, 3.05) is 6.54 Å². The molecule has 0 heterocycles. The summed E-state index contributed by atoms with van der Waals surface area (Å²) in [5.41, 5.74) is -0.383. The van der Waals surface area contributed by atoms with Crippen LogP contribution in [0.2, 0.25) is 5.02 Å². The fraction of sp³-hybridized carbons (Fsp3) is 0.484. The third-order valence-electron chi connectivity index (χ3n) is 6.05. The van der Waals surface area contributed by atoms with Crippen molar-refractivity contribution < 1.29 is 33.3 Å². The van der Waals surface area contributed by atoms with E-state index in [0.717, 1.165) is 5.56 Å². The zero-order valence-corrected chi connectivity index (χ0v) is 25.4. The number of nitrogens with one attached hydrogen (secondary N) is 1. The molecule has 0 saturated carbocycles. The first-order chi connectivity index (χ1) is 19.1. The largest absolute Gasteiger partial charge is 0.511 e. The Balaban J connectivity index is 1.91. The van der Waals surface area contributed by atoms with Crippen molar-refractivity contribution in [2.45, 2.75) is 79.3 Å². The summed E-state index contributed by atoms with van der Waals surface area (Å²) < 4.78 is 22.0. The molecule has 2 aromatic carbocycles. The van der Waals surface area contributed by atoms with E-state index >= 15 is 0 Å². The number of carbonyl (C=O) groups is 3. The van der Waals surface area contributed by atoms with Crippen molar-refractivity contribution in [1.29, 1.82) is 5.26 Å². The van der Waals surface area contributed by atoms with Gasteiger partial charge in [0.05, 0.1) is 12.5 Å².